The molecule has 2 atom stereocenters. The standard InChI is InChI=1S/C28H32N2O3/c1-30(20-10-17-25-16-8-9-19-29-25)21-11-18-26(22-30)33-27(31)28(32,23-12-4-2-5-13-23)24-14-6-3-7-15-24/h2-9,12-16,19,26H,10-11,17-18,20-22H2,1H3/t26?,30-/m1/s1. The SMILES string of the molecule is C[N@@+]1(CCCc2ccccn2)CCCC(OC(=O)C([O-])(c2ccccc2)c2ccccc2)C1. The highest BCUT2D eigenvalue weighted by Crippen LogP contribution is 2.30. The maximum absolute atomic E-state index is 14.1. The second-order valence-electron chi connectivity index (χ2n) is 9.26. The molecule has 0 aliphatic carbocycles. The van der Waals surface area contributed by atoms with Crippen LogP contribution in [0.5, 0.6) is 0 Å². The zero-order valence-corrected chi connectivity index (χ0v) is 19.2. The van der Waals surface area contributed by atoms with Crippen LogP contribution in [0.3, 0.4) is 0 Å². The highest BCUT2D eigenvalue weighted by molar-refractivity contribution is 5.85. The van der Waals surface area contributed by atoms with Gasteiger partial charge in [-0.1, -0.05) is 66.7 Å². The molecule has 0 bridgehead atoms. The van der Waals surface area contributed by atoms with Crippen molar-refractivity contribution in [3.63, 3.8) is 0 Å². The van der Waals surface area contributed by atoms with E-state index in [4.69, 9.17) is 4.74 Å². The Morgan fingerprint density at radius 2 is 1.67 bits per heavy atom. The summed E-state index contributed by atoms with van der Waals surface area (Å²) in [5.41, 5.74) is -0.164. The second-order valence-corrected chi connectivity index (χ2v) is 9.26. The van der Waals surface area contributed by atoms with Gasteiger partial charge in [0.25, 0.3) is 0 Å². The lowest BCUT2D eigenvalue weighted by Gasteiger charge is -2.44. The third kappa shape index (κ3) is 5.49. The summed E-state index contributed by atoms with van der Waals surface area (Å²) in [5.74, 6) is -0.716. The number of pyridine rings is 1. The molecule has 0 spiro atoms. The van der Waals surface area contributed by atoms with Crippen LogP contribution in [0.4, 0.5) is 0 Å². The highest BCUT2D eigenvalue weighted by Gasteiger charge is 2.37. The van der Waals surface area contributed by atoms with E-state index >= 15 is 0 Å². The van der Waals surface area contributed by atoms with E-state index in [-0.39, 0.29) is 6.10 Å². The van der Waals surface area contributed by atoms with E-state index in [9.17, 15) is 9.90 Å². The first-order valence-corrected chi connectivity index (χ1v) is 11.8. The van der Waals surface area contributed by atoms with Gasteiger partial charge in [-0.3, -0.25) is 9.78 Å². The first-order valence-electron chi connectivity index (χ1n) is 11.8. The summed E-state index contributed by atoms with van der Waals surface area (Å²) >= 11 is 0. The van der Waals surface area contributed by atoms with Crippen molar-refractivity contribution in [3.05, 3.63) is 102 Å². The number of rotatable bonds is 8. The van der Waals surface area contributed by atoms with Crippen molar-refractivity contribution in [1.82, 2.24) is 4.98 Å². The van der Waals surface area contributed by atoms with E-state index in [2.05, 4.69) is 18.1 Å². The lowest BCUT2D eigenvalue weighted by atomic mass is 9.86. The average Bonchev–Trinajstić information content (AvgIpc) is 2.85. The molecule has 2 heterocycles. The number of aromatic nitrogens is 1. The molecule has 1 aliphatic rings. The number of hydrogen-bond acceptors (Lipinski definition) is 4. The van der Waals surface area contributed by atoms with Crippen LogP contribution in [-0.2, 0) is 21.6 Å². The molecular formula is C28H32N2O3. The van der Waals surface area contributed by atoms with Gasteiger partial charge in [0.15, 0.2) is 6.10 Å². The van der Waals surface area contributed by atoms with E-state index in [1.54, 1.807) is 48.5 Å². The van der Waals surface area contributed by atoms with Crippen molar-refractivity contribution in [2.24, 2.45) is 0 Å². The Balaban J connectivity index is 1.44. The zero-order chi connectivity index (χ0) is 23.2. The quantitative estimate of drug-likeness (QED) is 0.394. The minimum absolute atomic E-state index is 0.258. The third-order valence-corrected chi connectivity index (χ3v) is 6.65. The summed E-state index contributed by atoms with van der Waals surface area (Å²) in [5, 5.41) is 14.1. The summed E-state index contributed by atoms with van der Waals surface area (Å²) in [6.45, 7) is 2.77. The van der Waals surface area contributed by atoms with Crippen LogP contribution >= 0.6 is 0 Å². The molecule has 33 heavy (non-hydrogen) atoms. The first-order chi connectivity index (χ1) is 16.0. The number of likely N-dealkylation sites (tertiary alicyclic amines) is 1. The molecule has 5 heteroatoms. The van der Waals surface area contributed by atoms with Gasteiger partial charge < -0.3 is 14.3 Å². The molecule has 1 aromatic heterocycles. The number of hydrogen-bond donors (Lipinski definition) is 0. The Morgan fingerprint density at radius 3 is 2.27 bits per heavy atom. The summed E-state index contributed by atoms with van der Waals surface area (Å²) in [7, 11) is 2.22. The third-order valence-electron chi connectivity index (χ3n) is 6.65. The van der Waals surface area contributed by atoms with Crippen molar-refractivity contribution in [3.8, 4) is 0 Å². The summed E-state index contributed by atoms with van der Waals surface area (Å²) in [4.78, 5) is 17.8. The summed E-state index contributed by atoms with van der Waals surface area (Å²) in [6, 6.07) is 23.7. The van der Waals surface area contributed by atoms with Gasteiger partial charge >= 0.3 is 5.97 Å². The number of piperidine rings is 1. The molecule has 1 fully saturated rings. The number of ether oxygens (including phenoxy) is 1. The molecule has 172 valence electrons. The van der Waals surface area contributed by atoms with Crippen molar-refractivity contribution in [1.29, 1.82) is 0 Å². The number of aryl methyl sites for hydroxylation is 1. The van der Waals surface area contributed by atoms with Gasteiger partial charge in [-0.05, 0) is 36.1 Å². The Bertz CT molecular complexity index is 987. The lowest BCUT2D eigenvalue weighted by molar-refractivity contribution is -0.917. The van der Waals surface area contributed by atoms with Crippen molar-refractivity contribution < 1.29 is 19.1 Å². The Kier molecular flexibility index (Phi) is 7.21. The molecule has 5 nitrogen and oxygen atoms in total. The maximum atomic E-state index is 14.1. The molecule has 1 unspecified atom stereocenters. The molecule has 0 radical (unpaired) electrons. The number of likely N-dealkylation sites (N-methyl/N-ethyl adjacent to an activating group) is 1. The summed E-state index contributed by atoms with van der Waals surface area (Å²) in [6.07, 6.45) is 5.29. The van der Waals surface area contributed by atoms with Crippen LogP contribution in [0.15, 0.2) is 85.1 Å². The Labute approximate surface area is 196 Å². The molecule has 0 N–H and O–H groups in total. The van der Waals surface area contributed by atoms with Gasteiger partial charge in [0.1, 0.15) is 6.54 Å². The minimum Gasteiger partial charge on any atom is -0.834 e. The topological polar surface area (TPSA) is 62.2 Å². The van der Waals surface area contributed by atoms with Crippen LogP contribution < -0.4 is 5.11 Å². The molecular weight excluding hydrogens is 412 g/mol. The largest absolute Gasteiger partial charge is 0.834 e. The number of carbonyl (C=O) groups is 1. The normalized spacial score (nSPS) is 20.8. The monoisotopic (exact) mass is 444 g/mol. The van der Waals surface area contributed by atoms with E-state index < -0.39 is 11.6 Å². The molecule has 1 aliphatic heterocycles. The number of benzene rings is 2. The van der Waals surface area contributed by atoms with Crippen LogP contribution in [-0.4, -0.2) is 48.2 Å². The molecule has 0 amide bonds. The molecule has 1 saturated heterocycles. The van der Waals surface area contributed by atoms with Gasteiger partial charge in [-0.25, -0.2) is 0 Å². The van der Waals surface area contributed by atoms with Gasteiger partial charge in [0.2, 0.25) is 0 Å². The fourth-order valence-electron chi connectivity index (χ4n) is 4.84. The predicted octanol–water partition coefficient (Wildman–Crippen LogP) is 3.47. The fourth-order valence-corrected chi connectivity index (χ4v) is 4.84. The van der Waals surface area contributed by atoms with Gasteiger partial charge in [-0.2, -0.15) is 0 Å². The molecule has 2 aromatic carbocycles. The van der Waals surface area contributed by atoms with E-state index in [0.717, 1.165) is 55.5 Å². The first kappa shape index (κ1) is 23.1. The number of carbonyl (C=O) groups excluding carboxylic acids is 1. The summed E-state index contributed by atoms with van der Waals surface area (Å²) < 4.78 is 6.79. The molecule has 3 aromatic rings. The lowest BCUT2D eigenvalue weighted by Crippen LogP contribution is -2.57. The van der Waals surface area contributed by atoms with Crippen LogP contribution in [0.1, 0.15) is 36.1 Å². The molecule has 4 rings (SSSR count). The number of quaternary nitrogens is 1. The van der Waals surface area contributed by atoms with Crippen molar-refractivity contribution >= 4 is 5.97 Å². The zero-order valence-electron chi connectivity index (χ0n) is 19.2. The van der Waals surface area contributed by atoms with Crippen LogP contribution in [0.25, 0.3) is 0 Å². The number of nitrogens with zero attached hydrogens (tertiary/aromatic N) is 2. The van der Waals surface area contributed by atoms with Gasteiger partial charge in [-0.15, -0.1) is 0 Å². The molecule has 0 saturated carbocycles. The van der Waals surface area contributed by atoms with Crippen LogP contribution in [0.2, 0.25) is 0 Å². The van der Waals surface area contributed by atoms with Gasteiger partial charge in [0, 0.05) is 30.3 Å². The van der Waals surface area contributed by atoms with Crippen molar-refractivity contribution in [2.45, 2.75) is 37.4 Å². The highest BCUT2D eigenvalue weighted by atomic mass is 16.6. The van der Waals surface area contributed by atoms with Crippen LogP contribution in [0, 0.1) is 0 Å². The van der Waals surface area contributed by atoms with E-state index in [1.807, 2.05) is 30.5 Å². The van der Waals surface area contributed by atoms with E-state index in [1.165, 1.54) is 0 Å². The van der Waals surface area contributed by atoms with Crippen molar-refractivity contribution in [2.75, 3.05) is 26.7 Å². The predicted molar refractivity (Wildman–Crippen MR) is 126 cm³/mol. The average molecular weight is 445 g/mol. The Morgan fingerprint density at radius 1 is 1.03 bits per heavy atom. The maximum Gasteiger partial charge on any atom is 0.304 e. The Hall–Kier alpha value is -3.02. The fraction of sp³-hybridized carbons (Fsp3) is 0.357. The second kappa shape index (κ2) is 10.3. The van der Waals surface area contributed by atoms with E-state index in [0.29, 0.717) is 11.1 Å². The smallest absolute Gasteiger partial charge is 0.304 e. The minimum atomic E-state index is -2.08. The number of esters is 1. The van der Waals surface area contributed by atoms with Gasteiger partial charge in [0.05, 0.1) is 20.1 Å².